The third-order valence-electron chi connectivity index (χ3n) is 14.4. The van der Waals surface area contributed by atoms with Gasteiger partial charge in [0.2, 0.25) is 0 Å². The first-order valence-corrected chi connectivity index (χ1v) is 27.5. The summed E-state index contributed by atoms with van der Waals surface area (Å²) in [5.74, 6) is 1.58. The molecule has 2 aromatic heterocycles. The molecule has 0 amide bonds. The van der Waals surface area contributed by atoms with Gasteiger partial charge in [0.1, 0.15) is 0 Å². The maximum Gasteiger partial charge on any atom is 0.163 e. The van der Waals surface area contributed by atoms with Crippen molar-refractivity contribution in [3.63, 3.8) is 0 Å². The van der Waals surface area contributed by atoms with Crippen molar-refractivity contribution in [2.75, 3.05) is 0 Å². The van der Waals surface area contributed by atoms with Crippen molar-refractivity contribution in [1.29, 1.82) is 0 Å². The standard InChI is InChI=1S/C46H52NSSi.C13H24O2.Ir/c1-30(2)33-18-22-38(23-19-33)49(37-15-10-9-11-16-37,39-24-20-34(21-25-39)31(3)4)45-32(5)40-26-27-47-43(44(40)48-45)36-28-35-14-12-13-17-41(35)42(29-36)46(6,7)8;1-5-10(6-2)12(14)9-13(15)11(7-3)8-4;/h12-14,17-27,29-31,37H,9-11,15-16H2,1-8H3;9-11,14H,5-8H2,1-4H3;/q-1;;/b;12-9-;. The number of aliphatic hydroxyl groups is 1. The van der Waals surface area contributed by atoms with E-state index in [1.54, 1.807) is 14.9 Å². The number of nitrogens with zero attached hydrogens (tertiary/aromatic N) is 1. The van der Waals surface area contributed by atoms with Gasteiger partial charge < -0.3 is 5.11 Å². The topological polar surface area (TPSA) is 50.2 Å². The molecule has 3 nitrogen and oxygen atoms in total. The Balaban J connectivity index is 0.000000428. The van der Waals surface area contributed by atoms with Crippen LogP contribution in [0.2, 0.25) is 5.54 Å². The van der Waals surface area contributed by atoms with Crippen molar-refractivity contribution in [2.24, 2.45) is 11.8 Å². The molecule has 0 aliphatic heterocycles. The first-order valence-electron chi connectivity index (χ1n) is 24.6. The number of pyridine rings is 1. The fourth-order valence-electron chi connectivity index (χ4n) is 10.4. The molecule has 0 saturated heterocycles. The number of rotatable bonds is 14. The number of aromatic nitrogens is 1. The van der Waals surface area contributed by atoms with Crippen molar-refractivity contribution < 1.29 is 30.0 Å². The van der Waals surface area contributed by atoms with Crippen LogP contribution in [0.4, 0.5) is 0 Å². The average Bonchev–Trinajstić information content (AvgIpc) is 3.63. The summed E-state index contributed by atoms with van der Waals surface area (Å²) < 4.78 is 2.93. The number of hydrogen-bond donors (Lipinski definition) is 1. The van der Waals surface area contributed by atoms with E-state index in [4.69, 9.17) is 4.98 Å². The molecule has 65 heavy (non-hydrogen) atoms. The molecule has 349 valence electrons. The molecule has 0 atom stereocenters. The molecule has 1 saturated carbocycles. The van der Waals surface area contributed by atoms with Crippen molar-refractivity contribution in [3.05, 3.63) is 131 Å². The SMILES string of the molecule is CCC(CC)C(=O)/C=C(\O)C(CC)CC.Cc1c([Si](c2ccc(C(C)C)cc2)(c2ccc(C(C)C)cc2)C2CCCCC2)sc2c(-c3[c-]c4ccccc4c(C(C)(C)C)c3)nccc12.[Ir]. The monoisotopic (exact) mass is 1080 g/mol. The summed E-state index contributed by atoms with van der Waals surface area (Å²) in [7, 11) is -2.49. The number of hydrogen-bond acceptors (Lipinski definition) is 4. The van der Waals surface area contributed by atoms with Gasteiger partial charge in [-0.1, -0.05) is 186 Å². The Bertz CT molecular complexity index is 2460. The Morgan fingerprint density at radius 3 is 1.83 bits per heavy atom. The minimum atomic E-state index is -2.49. The Labute approximate surface area is 411 Å². The van der Waals surface area contributed by atoms with Gasteiger partial charge in [-0.25, -0.2) is 0 Å². The molecular formula is C59H76IrNO2SSi-. The smallest absolute Gasteiger partial charge is 0.163 e. The maximum absolute atomic E-state index is 11.7. The number of thiophene rings is 1. The molecule has 4 aromatic carbocycles. The normalized spacial score (nSPS) is 14.1. The van der Waals surface area contributed by atoms with Gasteiger partial charge in [0, 0.05) is 59.1 Å². The maximum atomic E-state index is 11.7. The van der Waals surface area contributed by atoms with Crippen LogP contribution in [-0.2, 0) is 30.3 Å². The summed E-state index contributed by atoms with van der Waals surface area (Å²) in [6.07, 6.45) is 13.6. The average molecular weight is 1080 g/mol. The largest absolute Gasteiger partial charge is 0.512 e. The van der Waals surface area contributed by atoms with E-state index in [1.165, 1.54) is 81.3 Å². The van der Waals surface area contributed by atoms with Gasteiger partial charge in [-0.05, 0) is 93.9 Å². The molecule has 6 heteroatoms. The summed E-state index contributed by atoms with van der Waals surface area (Å²) in [5.41, 5.74) is 8.49. The Kier molecular flexibility index (Phi) is 18.4. The molecule has 6 aromatic rings. The van der Waals surface area contributed by atoms with Crippen LogP contribution in [0, 0.1) is 24.8 Å². The van der Waals surface area contributed by atoms with E-state index in [0.717, 1.165) is 36.9 Å². The van der Waals surface area contributed by atoms with E-state index < -0.39 is 8.07 Å². The fourth-order valence-corrected chi connectivity index (χ4v) is 19.1. The second-order valence-corrected chi connectivity index (χ2v) is 25.6. The molecule has 1 aliphatic carbocycles. The van der Waals surface area contributed by atoms with Gasteiger partial charge in [-0.3, -0.25) is 9.78 Å². The second-order valence-electron chi connectivity index (χ2n) is 20.2. The number of carbonyl (C=O) groups excluding carboxylic acids is 1. The summed E-state index contributed by atoms with van der Waals surface area (Å²) in [4.78, 5) is 16.9. The summed E-state index contributed by atoms with van der Waals surface area (Å²) >= 11 is 2.05. The van der Waals surface area contributed by atoms with Crippen molar-refractivity contribution in [1.82, 2.24) is 4.98 Å². The summed E-state index contributed by atoms with van der Waals surface area (Å²) in [6, 6.07) is 37.1. The fraction of sp³-hybridized carbons (Fsp3) is 0.458. The molecule has 1 N–H and O–H groups in total. The number of aliphatic hydroxyl groups excluding tert-OH is 1. The number of carbonyl (C=O) groups is 1. The van der Waals surface area contributed by atoms with Crippen LogP contribution in [0.1, 0.15) is 168 Å². The van der Waals surface area contributed by atoms with Gasteiger partial charge in [0.05, 0.1) is 5.76 Å². The minimum absolute atomic E-state index is 0. The van der Waals surface area contributed by atoms with Crippen LogP contribution < -0.4 is 14.9 Å². The Hall–Kier alpha value is -3.67. The molecule has 2 heterocycles. The number of aryl methyl sites for hydroxylation is 1. The van der Waals surface area contributed by atoms with Gasteiger partial charge in [-0.2, -0.15) is 0 Å². The third-order valence-corrected chi connectivity index (χ3v) is 22.2. The van der Waals surface area contributed by atoms with Gasteiger partial charge in [-0.15, -0.1) is 40.5 Å². The first kappa shape index (κ1) is 52.3. The molecule has 0 spiro atoms. The zero-order valence-corrected chi connectivity index (χ0v) is 45.7. The van der Waals surface area contributed by atoms with Crippen LogP contribution in [-0.4, -0.2) is 23.9 Å². The van der Waals surface area contributed by atoms with Crippen LogP contribution >= 0.6 is 11.3 Å². The molecule has 0 bridgehead atoms. The van der Waals surface area contributed by atoms with E-state index in [9.17, 15) is 9.90 Å². The molecule has 1 aliphatic rings. The van der Waals surface area contributed by atoms with Gasteiger partial charge in [0.15, 0.2) is 13.9 Å². The number of allylic oxidation sites excluding steroid dienone is 2. The molecular weight excluding hydrogens is 1010 g/mol. The Morgan fingerprint density at radius 2 is 1.32 bits per heavy atom. The molecule has 0 unspecified atom stereocenters. The van der Waals surface area contributed by atoms with Crippen LogP contribution in [0.3, 0.4) is 0 Å². The zero-order chi connectivity index (χ0) is 46.3. The van der Waals surface area contributed by atoms with E-state index in [-0.39, 0.29) is 48.9 Å². The minimum Gasteiger partial charge on any atom is -0.512 e. The second kappa shape index (κ2) is 22.9. The Morgan fingerprint density at radius 1 is 0.785 bits per heavy atom. The number of benzene rings is 4. The molecule has 1 fully saturated rings. The van der Waals surface area contributed by atoms with E-state index in [0.29, 0.717) is 17.4 Å². The van der Waals surface area contributed by atoms with Crippen LogP contribution in [0.25, 0.3) is 32.1 Å². The van der Waals surface area contributed by atoms with E-state index >= 15 is 0 Å². The van der Waals surface area contributed by atoms with Crippen LogP contribution in [0.5, 0.6) is 0 Å². The molecule has 1 radical (unpaired) electrons. The number of fused-ring (bicyclic) bond motifs is 2. The third kappa shape index (κ3) is 11.2. The first-order chi connectivity index (χ1) is 30.6. The summed E-state index contributed by atoms with van der Waals surface area (Å²) in [6.45, 7) is 26.7. The van der Waals surface area contributed by atoms with Gasteiger partial charge >= 0.3 is 0 Å². The predicted molar refractivity (Wildman–Crippen MR) is 281 cm³/mol. The van der Waals surface area contributed by atoms with E-state index in [1.807, 2.05) is 33.9 Å². The zero-order valence-electron chi connectivity index (χ0n) is 41.5. The number of ketones is 1. The van der Waals surface area contributed by atoms with Gasteiger partial charge in [0.25, 0.3) is 0 Å². The van der Waals surface area contributed by atoms with E-state index in [2.05, 4.69) is 158 Å². The van der Waals surface area contributed by atoms with Crippen molar-refractivity contribution in [2.45, 2.75) is 164 Å². The van der Waals surface area contributed by atoms with Crippen molar-refractivity contribution in [3.8, 4) is 11.3 Å². The summed E-state index contributed by atoms with van der Waals surface area (Å²) in [5, 5.41) is 16.7. The quantitative estimate of drug-likeness (QED) is 0.0512. The predicted octanol–water partition coefficient (Wildman–Crippen LogP) is 15.4. The molecule has 7 rings (SSSR count). The van der Waals surface area contributed by atoms with Crippen LogP contribution in [0.15, 0.2) is 103 Å². The van der Waals surface area contributed by atoms with Crippen molar-refractivity contribution >= 4 is 60.9 Å².